The zero-order valence-electron chi connectivity index (χ0n) is 13.9. The number of fused-ring (bicyclic) bond motifs is 1. The van der Waals surface area contributed by atoms with Crippen molar-refractivity contribution in [2.75, 3.05) is 19.7 Å². The molecule has 6 nitrogen and oxygen atoms in total. The highest BCUT2D eigenvalue weighted by Crippen LogP contribution is 2.30. The van der Waals surface area contributed by atoms with Gasteiger partial charge in [-0.3, -0.25) is 14.5 Å². The van der Waals surface area contributed by atoms with Crippen LogP contribution in [0, 0.1) is 0 Å². The number of rotatable bonds is 3. The maximum absolute atomic E-state index is 12.3. The van der Waals surface area contributed by atoms with Crippen molar-refractivity contribution in [2.45, 2.75) is 43.5 Å². The summed E-state index contributed by atoms with van der Waals surface area (Å²) in [6, 6.07) is 7.86. The summed E-state index contributed by atoms with van der Waals surface area (Å²) in [5, 5.41) is 6.54. The Morgan fingerprint density at radius 2 is 2.08 bits per heavy atom. The number of nitrogens with one attached hydrogen (secondary N) is 2. The van der Waals surface area contributed by atoms with Crippen LogP contribution in [0.4, 0.5) is 0 Å². The number of hydrogen-bond acceptors (Lipinski definition) is 4. The molecule has 0 radical (unpaired) electrons. The molecule has 3 saturated heterocycles. The average Bonchev–Trinajstić information content (AvgIpc) is 3.20. The lowest BCUT2D eigenvalue weighted by atomic mass is 10.1. The molecule has 4 rings (SSSR count). The van der Waals surface area contributed by atoms with Gasteiger partial charge in [0.05, 0.1) is 12.7 Å². The van der Waals surface area contributed by atoms with E-state index in [-0.39, 0.29) is 30.0 Å². The lowest BCUT2D eigenvalue weighted by Crippen LogP contribution is -2.47. The molecule has 4 unspecified atom stereocenters. The van der Waals surface area contributed by atoms with Gasteiger partial charge < -0.3 is 15.4 Å². The van der Waals surface area contributed by atoms with Crippen molar-refractivity contribution in [3.05, 3.63) is 34.9 Å². The fourth-order valence-corrected chi connectivity index (χ4v) is 4.10. The summed E-state index contributed by atoms with van der Waals surface area (Å²) in [7, 11) is 0. The normalized spacial score (nSPS) is 32.3. The third-order valence-electron chi connectivity index (χ3n) is 5.32. The van der Waals surface area contributed by atoms with Gasteiger partial charge in [-0.1, -0.05) is 23.7 Å². The maximum atomic E-state index is 12.3. The first kappa shape index (κ1) is 16.8. The molecule has 25 heavy (non-hydrogen) atoms. The lowest BCUT2D eigenvalue weighted by molar-refractivity contribution is -0.126. The molecule has 0 spiro atoms. The van der Waals surface area contributed by atoms with Crippen LogP contribution in [-0.4, -0.2) is 54.5 Å². The Bertz CT molecular complexity index is 666. The number of carbonyl (C=O) groups excluding carboxylic acids is 2. The highest BCUT2D eigenvalue weighted by molar-refractivity contribution is 6.30. The second-order valence-electron chi connectivity index (χ2n) is 7.08. The van der Waals surface area contributed by atoms with E-state index in [1.165, 1.54) is 0 Å². The van der Waals surface area contributed by atoms with E-state index in [0.717, 1.165) is 30.1 Å². The fraction of sp³-hybridized carbons (Fsp3) is 0.556. The van der Waals surface area contributed by atoms with Crippen LogP contribution in [0.15, 0.2) is 24.3 Å². The molecule has 7 heteroatoms. The van der Waals surface area contributed by atoms with Crippen molar-refractivity contribution < 1.29 is 14.3 Å². The third kappa shape index (κ3) is 3.66. The molecule has 2 N–H and O–H groups in total. The summed E-state index contributed by atoms with van der Waals surface area (Å²) in [5.41, 5.74) is 1.13. The van der Waals surface area contributed by atoms with Crippen LogP contribution >= 0.6 is 11.6 Å². The standard InChI is InChI=1S/C18H22ClN3O3/c19-12-3-1-11(2-4-12)16-9-22-8-13(7-14(22)10-25-16)20-18(24)15-5-6-17(23)21-15/h1-4,13-16H,5-10H2,(H,20,24)(H,21,23). The van der Waals surface area contributed by atoms with Gasteiger partial charge in [0, 0.05) is 36.6 Å². The minimum Gasteiger partial charge on any atom is -0.371 e. The average molecular weight is 364 g/mol. The van der Waals surface area contributed by atoms with E-state index >= 15 is 0 Å². The first-order valence-electron chi connectivity index (χ1n) is 8.79. The molecule has 3 aliphatic heterocycles. The Hall–Kier alpha value is -1.63. The van der Waals surface area contributed by atoms with Crippen LogP contribution in [0.5, 0.6) is 0 Å². The van der Waals surface area contributed by atoms with Gasteiger partial charge in [-0.15, -0.1) is 0 Å². The molecule has 3 heterocycles. The molecular weight excluding hydrogens is 342 g/mol. The zero-order valence-corrected chi connectivity index (χ0v) is 14.7. The van der Waals surface area contributed by atoms with E-state index in [1.54, 1.807) is 0 Å². The monoisotopic (exact) mass is 363 g/mol. The predicted octanol–water partition coefficient (Wildman–Crippen LogP) is 1.25. The summed E-state index contributed by atoms with van der Waals surface area (Å²) in [4.78, 5) is 25.9. The molecule has 1 aromatic carbocycles. The third-order valence-corrected chi connectivity index (χ3v) is 5.57. The fourth-order valence-electron chi connectivity index (χ4n) is 3.97. The first-order valence-corrected chi connectivity index (χ1v) is 9.17. The molecule has 134 valence electrons. The van der Waals surface area contributed by atoms with Crippen LogP contribution in [-0.2, 0) is 14.3 Å². The van der Waals surface area contributed by atoms with Gasteiger partial charge in [0.1, 0.15) is 6.04 Å². The smallest absolute Gasteiger partial charge is 0.242 e. The quantitative estimate of drug-likeness (QED) is 0.848. The van der Waals surface area contributed by atoms with Crippen LogP contribution in [0.1, 0.15) is 30.9 Å². The van der Waals surface area contributed by atoms with E-state index < -0.39 is 0 Å². The number of hydrogen-bond donors (Lipinski definition) is 2. The van der Waals surface area contributed by atoms with Gasteiger partial charge >= 0.3 is 0 Å². The zero-order chi connectivity index (χ0) is 17.4. The van der Waals surface area contributed by atoms with Gasteiger partial charge in [-0.25, -0.2) is 0 Å². The van der Waals surface area contributed by atoms with E-state index in [9.17, 15) is 9.59 Å². The Labute approximate surface area is 151 Å². The number of benzene rings is 1. The van der Waals surface area contributed by atoms with Crippen LogP contribution in [0.25, 0.3) is 0 Å². The highest BCUT2D eigenvalue weighted by Gasteiger charge is 2.39. The number of halogens is 1. The molecule has 3 fully saturated rings. The van der Waals surface area contributed by atoms with Crippen LogP contribution < -0.4 is 10.6 Å². The van der Waals surface area contributed by atoms with E-state index in [2.05, 4.69) is 15.5 Å². The van der Waals surface area contributed by atoms with Crippen molar-refractivity contribution in [2.24, 2.45) is 0 Å². The molecule has 0 aliphatic carbocycles. The molecule has 4 atom stereocenters. The summed E-state index contributed by atoms with van der Waals surface area (Å²) < 4.78 is 6.03. The molecule has 1 aromatic rings. The maximum Gasteiger partial charge on any atom is 0.242 e. The molecule has 0 aromatic heterocycles. The predicted molar refractivity (Wildman–Crippen MR) is 93.2 cm³/mol. The van der Waals surface area contributed by atoms with Gasteiger partial charge in [0.25, 0.3) is 0 Å². The molecule has 3 aliphatic rings. The summed E-state index contributed by atoms with van der Waals surface area (Å²) in [5.74, 6) is -0.103. The highest BCUT2D eigenvalue weighted by atomic mass is 35.5. The van der Waals surface area contributed by atoms with Crippen LogP contribution in [0.2, 0.25) is 5.02 Å². The van der Waals surface area contributed by atoms with Crippen molar-refractivity contribution in [3.8, 4) is 0 Å². The largest absolute Gasteiger partial charge is 0.371 e. The van der Waals surface area contributed by atoms with E-state index in [1.807, 2.05) is 24.3 Å². The molecule has 2 amide bonds. The van der Waals surface area contributed by atoms with Crippen molar-refractivity contribution in [1.29, 1.82) is 0 Å². The van der Waals surface area contributed by atoms with E-state index in [4.69, 9.17) is 16.3 Å². The first-order chi connectivity index (χ1) is 12.1. The Morgan fingerprint density at radius 1 is 1.28 bits per heavy atom. The van der Waals surface area contributed by atoms with Crippen molar-refractivity contribution in [3.63, 3.8) is 0 Å². The van der Waals surface area contributed by atoms with Gasteiger partial charge in [-0.2, -0.15) is 0 Å². The van der Waals surface area contributed by atoms with Crippen molar-refractivity contribution in [1.82, 2.24) is 15.5 Å². The minimum atomic E-state index is -0.372. The number of morpholine rings is 1. The second kappa shape index (κ2) is 6.94. The van der Waals surface area contributed by atoms with Gasteiger partial charge in [-0.05, 0) is 30.5 Å². The van der Waals surface area contributed by atoms with E-state index in [0.29, 0.717) is 25.5 Å². The minimum absolute atomic E-state index is 0.0387. The van der Waals surface area contributed by atoms with Crippen molar-refractivity contribution >= 4 is 23.4 Å². The summed E-state index contributed by atoms with van der Waals surface area (Å²) >= 11 is 5.95. The Balaban J connectivity index is 1.33. The van der Waals surface area contributed by atoms with Crippen LogP contribution in [0.3, 0.4) is 0 Å². The summed E-state index contributed by atoms with van der Waals surface area (Å²) in [6.45, 7) is 2.31. The van der Waals surface area contributed by atoms with Gasteiger partial charge in [0.15, 0.2) is 0 Å². The number of nitrogens with zero attached hydrogens (tertiary/aromatic N) is 1. The molecule has 0 bridgehead atoms. The molecular formula is C18H22ClN3O3. The topological polar surface area (TPSA) is 70.7 Å². The number of amides is 2. The number of carbonyl (C=O) groups is 2. The number of ether oxygens (including phenoxy) is 1. The lowest BCUT2D eigenvalue weighted by Gasteiger charge is -2.35. The summed E-state index contributed by atoms with van der Waals surface area (Å²) in [6.07, 6.45) is 1.96. The van der Waals surface area contributed by atoms with Gasteiger partial charge in [0.2, 0.25) is 11.8 Å². The Kier molecular flexibility index (Phi) is 4.67. The molecule has 0 saturated carbocycles. The SMILES string of the molecule is O=C1CCC(C(=O)NC2CC3COC(c4ccc(Cl)cc4)CN3C2)N1. The second-order valence-corrected chi connectivity index (χ2v) is 7.52. The Morgan fingerprint density at radius 3 is 2.80 bits per heavy atom.